The van der Waals surface area contributed by atoms with Gasteiger partial charge in [0.05, 0.1) is 6.21 Å². The molecule has 116 valence electrons. The zero-order valence-electron chi connectivity index (χ0n) is 13.6. The summed E-state index contributed by atoms with van der Waals surface area (Å²) in [5, 5.41) is 11.6. The zero-order chi connectivity index (χ0) is 16.2. The summed E-state index contributed by atoms with van der Waals surface area (Å²) in [4.78, 5) is 0. The van der Waals surface area contributed by atoms with Gasteiger partial charge >= 0.3 is 0 Å². The van der Waals surface area contributed by atoms with Gasteiger partial charge < -0.3 is 9.94 Å². The molecule has 1 N–H and O–H groups in total. The molecular weight excluding hydrogens is 274 g/mol. The van der Waals surface area contributed by atoms with E-state index in [1.165, 1.54) is 17.3 Å². The van der Waals surface area contributed by atoms with Crippen LogP contribution in [0.5, 0.6) is 11.5 Å². The highest BCUT2D eigenvalue weighted by Crippen LogP contribution is 2.35. The Morgan fingerprint density at radius 3 is 2.32 bits per heavy atom. The van der Waals surface area contributed by atoms with Gasteiger partial charge in [0.1, 0.15) is 11.5 Å². The van der Waals surface area contributed by atoms with E-state index < -0.39 is 0 Å². The van der Waals surface area contributed by atoms with Gasteiger partial charge in [-0.05, 0) is 53.3 Å². The molecule has 0 aromatic heterocycles. The van der Waals surface area contributed by atoms with E-state index in [1.54, 1.807) is 0 Å². The number of oxime groups is 1. The standard InChI is InChI=1S/C19H23NO2/c1-5-14-8-11-18(17(12-14)19(2,3)4)22-16-9-6-15(7-10-16)13-20-21/h6-13,21H,5H2,1-4H3. The molecule has 2 aromatic carbocycles. The average Bonchev–Trinajstić information content (AvgIpc) is 2.49. The Balaban J connectivity index is 2.32. The molecule has 0 aliphatic heterocycles. The molecule has 0 spiro atoms. The maximum Gasteiger partial charge on any atom is 0.131 e. The normalized spacial score (nSPS) is 11.8. The largest absolute Gasteiger partial charge is 0.457 e. The van der Waals surface area contributed by atoms with Crippen LogP contribution in [-0.4, -0.2) is 11.4 Å². The van der Waals surface area contributed by atoms with Crippen LogP contribution >= 0.6 is 0 Å². The van der Waals surface area contributed by atoms with Gasteiger partial charge in [-0.2, -0.15) is 0 Å². The van der Waals surface area contributed by atoms with Crippen molar-refractivity contribution < 1.29 is 9.94 Å². The first kappa shape index (κ1) is 16.1. The number of benzene rings is 2. The number of ether oxygens (including phenoxy) is 1. The third-order valence-electron chi connectivity index (χ3n) is 3.57. The third kappa shape index (κ3) is 3.88. The lowest BCUT2D eigenvalue weighted by Gasteiger charge is -2.23. The second-order valence-corrected chi connectivity index (χ2v) is 6.35. The maximum atomic E-state index is 8.54. The molecule has 3 nitrogen and oxygen atoms in total. The molecule has 0 bridgehead atoms. The predicted molar refractivity (Wildman–Crippen MR) is 90.4 cm³/mol. The summed E-state index contributed by atoms with van der Waals surface area (Å²) in [6, 6.07) is 13.8. The van der Waals surface area contributed by atoms with Gasteiger partial charge in [-0.15, -0.1) is 0 Å². The quantitative estimate of drug-likeness (QED) is 0.482. The highest BCUT2D eigenvalue weighted by atomic mass is 16.5. The van der Waals surface area contributed by atoms with Gasteiger partial charge in [0, 0.05) is 5.56 Å². The van der Waals surface area contributed by atoms with E-state index in [0.29, 0.717) is 0 Å². The van der Waals surface area contributed by atoms with Crippen LogP contribution in [0.15, 0.2) is 47.6 Å². The summed E-state index contributed by atoms with van der Waals surface area (Å²) in [7, 11) is 0. The SMILES string of the molecule is CCc1ccc(Oc2ccc(C=NO)cc2)c(C(C)(C)C)c1. The lowest BCUT2D eigenvalue weighted by atomic mass is 9.85. The number of aryl methyl sites for hydroxylation is 1. The second-order valence-electron chi connectivity index (χ2n) is 6.35. The van der Waals surface area contributed by atoms with Crippen LogP contribution in [0.3, 0.4) is 0 Å². The van der Waals surface area contributed by atoms with E-state index in [2.05, 4.69) is 45.0 Å². The first-order chi connectivity index (χ1) is 10.4. The summed E-state index contributed by atoms with van der Waals surface area (Å²) < 4.78 is 6.06. The highest BCUT2D eigenvalue weighted by molar-refractivity contribution is 5.79. The minimum absolute atomic E-state index is 0.0179. The minimum atomic E-state index is 0.0179. The predicted octanol–water partition coefficient (Wildman–Crippen LogP) is 5.15. The van der Waals surface area contributed by atoms with Crippen molar-refractivity contribution in [3.8, 4) is 11.5 Å². The topological polar surface area (TPSA) is 41.8 Å². The van der Waals surface area contributed by atoms with E-state index in [4.69, 9.17) is 9.94 Å². The van der Waals surface area contributed by atoms with Gasteiger partial charge in [-0.1, -0.05) is 45.0 Å². The molecule has 0 saturated carbocycles. The molecule has 0 fully saturated rings. The summed E-state index contributed by atoms with van der Waals surface area (Å²) in [6.45, 7) is 8.73. The summed E-state index contributed by atoms with van der Waals surface area (Å²) >= 11 is 0. The Morgan fingerprint density at radius 2 is 1.77 bits per heavy atom. The Hall–Kier alpha value is -2.29. The molecule has 0 aliphatic rings. The van der Waals surface area contributed by atoms with E-state index in [0.717, 1.165) is 23.5 Å². The Bertz CT molecular complexity index is 652. The first-order valence-corrected chi connectivity index (χ1v) is 7.53. The molecule has 0 saturated heterocycles. The number of hydrogen-bond acceptors (Lipinski definition) is 3. The van der Waals surface area contributed by atoms with Crippen molar-refractivity contribution in [3.63, 3.8) is 0 Å². The smallest absolute Gasteiger partial charge is 0.131 e. The molecule has 0 amide bonds. The molecule has 2 rings (SSSR count). The van der Waals surface area contributed by atoms with Gasteiger partial charge in [0.25, 0.3) is 0 Å². The van der Waals surface area contributed by atoms with E-state index in [9.17, 15) is 0 Å². The lowest BCUT2D eigenvalue weighted by molar-refractivity contribution is 0.322. The van der Waals surface area contributed by atoms with Crippen LogP contribution in [-0.2, 0) is 11.8 Å². The van der Waals surface area contributed by atoms with Crippen LogP contribution in [0.25, 0.3) is 0 Å². The van der Waals surface area contributed by atoms with Crippen LogP contribution < -0.4 is 4.74 Å². The van der Waals surface area contributed by atoms with E-state index >= 15 is 0 Å². The number of hydrogen-bond donors (Lipinski definition) is 1. The highest BCUT2D eigenvalue weighted by Gasteiger charge is 2.19. The Kier molecular flexibility index (Phi) is 4.86. The van der Waals surface area contributed by atoms with Crippen molar-refractivity contribution >= 4 is 6.21 Å². The van der Waals surface area contributed by atoms with Gasteiger partial charge in [-0.3, -0.25) is 0 Å². The molecule has 0 aliphatic carbocycles. The monoisotopic (exact) mass is 297 g/mol. The summed E-state index contributed by atoms with van der Waals surface area (Å²) in [6.07, 6.45) is 2.40. The lowest BCUT2D eigenvalue weighted by Crippen LogP contribution is -2.13. The van der Waals surface area contributed by atoms with Crippen LogP contribution in [0, 0.1) is 0 Å². The van der Waals surface area contributed by atoms with Crippen LogP contribution in [0.4, 0.5) is 0 Å². The molecule has 0 radical (unpaired) electrons. The van der Waals surface area contributed by atoms with E-state index in [-0.39, 0.29) is 5.41 Å². The maximum absolute atomic E-state index is 8.54. The molecule has 0 atom stereocenters. The summed E-state index contributed by atoms with van der Waals surface area (Å²) in [5.74, 6) is 1.65. The van der Waals surface area contributed by atoms with Crippen molar-refractivity contribution in [2.24, 2.45) is 5.16 Å². The van der Waals surface area contributed by atoms with Crippen molar-refractivity contribution in [3.05, 3.63) is 59.2 Å². The molecular formula is C19H23NO2. The van der Waals surface area contributed by atoms with Crippen molar-refractivity contribution in [1.82, 2.24) is 0 Å². The zero-order valence-corrected chi connectivity index (χ0v) is 13.6. The Labute approximate surface area is 132 Å². The molecule has 0 heterocycles. The van der Waals surface area contributed by atoms with Gasteiger partial charge in [-0.25, -0.2) is 0 Å². The fourth-order valence-electron chi connectivity index (χ4n) is 2.29. The summed E-state index contributed by atoms with van der Waals surface area (Å²) in [5.41, 5.74) is 3.36. The second kappa shape index (κ2) is 6.65. The van der Waals surface area contributed by atoms with Gasteiger partial charge in [0.2, 0.25) is 0 Å². The fraction of sp³-hybridized carbons (Fsp3) is 0.316. The molecule has 2 aromatic rings. The van der Waals surface area contributed by atoms with E-state index in [1.807, 2.05) is 30.3 Å². The number of nitrogens with zero attached hydrogens (tertiary/aromatic N) is 1. The van der Waals surface area contributed by atoms with Crippen LogP contribution in [0.2, 0.25) is 0 Å². The molecule has 3 heteroatoms. The van der Waals surface area contributed by atoms with Gasteiger partial charge in [0.15, 0.2) is 0 Å². The number of rotatable bonds is 4. The molecule has 22 heavy (non-hydrogen) atoms. The minimum Gasteiger partial charge on any atom is -0.457 e. The average molecular weight is 297 g/mol. The van der Waals surface area contributed by atoms with Crippen molar-refractivity contribution in [1.29, 1.82) is 0 Å². The first-order valence-electron chi connectivity index (χ1n) is 7.53. The fourth-order valence-corrected chi connectivity index (χ4v) is 2.29. The Morgan fingerprint density at radius 1 is 1.09 bits per heavy atom. The van der Waals surface area contributed by atoms with Crippen molar-refractivity contribution in [2.45, 2.75) is 39.5 Å². The molecule has 0 unspecified atom stereocenters. The van der Waals surface area contributed by atoms with Crippen LogP contribution in [0.1, 0.15) is 44.4 Å². The third-order valence-corrected chi connectivity index (χ3v) is 3.57. The van der Waals surface area contributed by atoms with Crippen molar-refractivity contribution in [2.75, 3.05) is 0 Å².